The molecule has 4 nitrogen and oxygen atoms in total. The SMILES string of the molecule is Cc1cccc(C(=O)N2CCCC(CO)C2)n1. The number of rotatable bonds is 2. The van der Waals surface area contributed by atoms with Crippen molar-refractivity contribution in [3.63, 3.8) is 0 Å². The number of hydrogen-bond donors (Lipinski definition) is 1. The number of aliphatic hydroxyl groups is 1. The molecule has 1 fully saturated rings. The predicted molar refractivity (Wildman–Crippen MR) is 64.7 cm³/mol. The van der Waals surface area contributed by atoms with Crippen LogP contribution in [0.4, 0.5) is 0 Å². The molecule has 2 heterocycles. The number of piperidine rings is 1. The van der Waals surface area contributed by atoms with Crippen molar-refractivity contribution >= 4 is 5.91 Å². The third-order valence-electron chi connectivity index (χ3n) is 3.17. The number of nitrogens with zero attached hydrogens (tertiary/aromatic N) is 2. The molecule has 92 valence electrons. The number of aromatic nitrogens is 1. The summed E-state index contributed by atoms with van der Waals surface area (Å²) in [7, 11) is 0. The van der Waals surface area contributed by atoms with E-state index in [1.165, 1.54) is 0 Å². The van der Waals surface area contributed by atoms with E-state index in [1.807, 2.05) is 19.1 Å². The molecule has 1 amide bonds. The Kier molecular flexibility index (Phi) is 3.74. The lowest BCUT2D eigenvalue weighted by Gasteiger charge is -2.31. The van der Waals surface area contributed by atoms with E-state index >= 15 is 0 Å². The first kappa shape index (κ1) is 12.0. The number of aliphatic hydroxyl groups excluding tert-OH is 1. The van der Waals surface area contributed by atoms with Gasteiger partial charge >= 0.3 is 0 Å². The highest BCUT2D eigenvalue weighted by Crippen LogP contribution is 2.17. The first-order chi connectivity index (χ1) is 8.20. The van der Waals surface area contributed by atoms with Gasteiger partial charge in [0, 0.05) is 25.4 Å². The third-order valence-corrected chi connectivity index (χ3v) is 3.17. The maximum absolute atomic E-state index is 12.2. The van der Waals surface area contributed by atoms with Crippen molar-refractivity contribution in [2.75, 3.05) is 19.7 Å². The van der Waals surface area contributed by atoms with E-state index in [-0.39, 0.29) is 18.4 Å². The zero-order chi connectivity index (χ0) is 12.3. The van der Waals surface area contributed by atoms with Gasteiger partial charge in [0.25, 0.3) is 5.91 Å². The van der Waals surface area contributed by atoms with Crippen molar-refractivity contribution < 1.29 is 9.90 Å². The Balaban J connectivity index is 2.09. The van der Waals surface area contributed by atoms with Gasteiger partial charge in [0.1, 0.15) is 5.69 Å². The Labute approximate surface area is 101 Å². The quantitative estimate of drug-likeness (QED) is 0.837. The molecular formula is C13H18N2O2. The van der Waals surface area contributed by atoms with Gasteiger partial charge in [-0.25, -0.2) is 4.98 Å². The summed E-state index contributed by atoms with van der Waals surface area (Å²) in [5, 5.41) is 9.15. The number of amides is 1. The summed E-state index contributed by atoms with van der Waals surface area (Å²) in [6.07, 6.45) is 1.96. The fourth-order valence-electron chi connectivity index (χ4n) is 2.22. The van der Waals surface area contributed by atoms with Gasteiger partial charge in [0.2, 0.25) is 0 Å². The second-order valence-corrected chi connectivity index (χ2v) is 4.61. The molecule has 0 bridgehead atoms. The largest absolute Gasteiger partial charge is 0.396 e. The van der Waals surface area contributed by atoms with Crippen molar-refractivity contribution in [1.82, 2.24) is 9.88 Å². The van der Waals surface area contributed by atoms with Crippen LogP contribution < -0.4 is 0 Å². The van der Waals surface area contributed by atoms with Gasteiger partial charge in [-0.3, -0.25) is 4.79 Å². The molecule has 1 aliphatic rings. The lowest BCUT2D eigenvalue weighted by atomic mass is 9.99. The van der Waals surface area contributed by atoms with Crippen molar-refractivity contribution in [2.24, 2.45) is 5.92 Å². The predicted octanol–water partition coefficient (Wildman–Crippen LogP) is 1.23. The molecule has 17 heavy (non-hydrogen) atoms. The topological polar surface area (TPSA) is 53.4 Å². The average molecular weight is 234 g/mol. The molecular weight excluding hydrogens is 216 g/mol. The number of aryl methyl sites for hydroxylation is 1. The first-order valence-electron chi connectivity index (χ1n) is 6.04. The molecule has 0 saturated carbocycles. The van der Waals surface area contributed by atoms with Crippen LogP contribution in [-0.2, 0) is 0 Å². The molecule has 0 aromatic carbocycles. The number of hydrogen-bond acceptors (Lipinski definition) is 3. The smallest absolute Gasteiger partial charge is 0.272 e. The fourth-order valence-corrected chi connectivity index (χ4v) is 2.22. The summed E-state index contributed by atoms with van der Waals surface area (Å²) in [4.78, 5) is 18.2. The highest BCUT2D eigenvalue weighted by atomic mass is 16.3. The molecule has 0 aliphatic carbocycles. The number of carbonyl (C=O) groups excluding carboxylic acids is 1. The van der Waals surface area contributed by atoms with Crippen molar-refractivity contribution in [3.05, 3.63) is 29.6 Å². The molecule has 2 rings (SSSR count). The van der Waals surface area contributed by atoms with Crippen LogP contribution in [0.15, 0.2) is 18.2 Å². The molecule has 1 unspecified atom stereocenters. The fraction of sp³-hybridized carbons (Fsp3) is 0.538. The maximum atomic E-state index is 12.2. The van der Waals surface area contributed by atoms with Crippen LogP contribution >= 0.6 is 0 Å². The van der Waals surface area contributed by atoms with E-state index in [0.29, 0.717) is 12.2 Å². The highest BCUT2D eigenvalue weighted by Gasteiger charge is 2.24. The van der Waals surface area contributed by atoms with E-state index in [2.05, 4.69) is 4.98 Å². The van der Waals surface area contributed by atoms with Crippen LogP contribution in [-0.4, -0.2) is 40.6 Å². The lowest BCUT2D eigenvalue weighted by molar-refractivity contribution is 0.0615. The van der Waals surface area contributed by atoms with Crippen LogP contribution in [0.5, 0.6) is 0 Å². The Morgan fingerprint density at radius 3 is 3.12 bits per heavy atom. The van der Waals surface area contributed by atoms with E-state index in [1.54, 1.807) is 11.0 Å². The van der Waals surface area contributed by atoms with Gasteiger partial charge in [0.15, 0.2) is 0 Å². The van der Waals surface area contributed by atoms with E-state index in [4.69, 9.17) is 5.11 Å². The summed E-state index contributed by atoms with van der Waals surface area (Å²) in [5.74, 6) is 0.198. The Morgan fingerprint density at radius 2 is 2.41 bits per heavy atom. The second kappa shape index (κ2) is 5.27. The molecule has 0 spiro atoms. The summed E-state index contributed by atoms with van der Waals surface area (Å²) >= 11 is 0. The van der Waals surface area contributed by atoms with Gasteiger partial charge in [-0.15, -0.1) is 0 Å². The van der Waals surface area contributed by atoms with Gasteiger partial charge in [-0.05, 0) is 37.8 Å². The highest BCUT2D eigenvalue weighted by molar-refractivity contribution is 5.92. The number of pyridine rings is 1. The molecule has 1 aliphatic heterocycles. The summed E-state index contributed by atoms with van der Waals surface area (Å²) in [6, 6.07) is 5.48. The van der Waals surface area contributed by atoms with Gasteiger partial charge in [0.05, 0.1) is 0 Å². The molecule has 4 heteroatoms. The minimum atomic E-state index is -0.0214. The zero-order valence-electron chi connectivity index (χ0n) is 10.1. The maximum Gasteiger partial charge on any atom is 0.272 e. The van der Waals surface area contributed by atoms with E-state index in [0.717, 1.165) is 25.1 Å². The minimum absolute atomic E-state index is 0.0214. The van der Waals surface area contributed by atoms with Gasteiger partial charge < -0.3 is 10.0 Å². The van der Waals surface area contributed by atoms with Crippen molar-refractivity contribution in [2.45, 2.75) is 19.8 Å². The van der Waals surface area contributed by atoms with Crippen LogP contribution in [0.3, 0.4) is 0 Å². The molecule has 1 saturated heterocycles. The van der Waals surface area contributed by atoms with E-state index < -0.39 is 0 Å². The van der Waals surface area contributed by atoms with Gasteiger partial charge in [-0.1, -0.05) is 6.07 Å². The monoisotopic (exact) mass is 234 g/mol. The van der Waals surface area contributed by atoms with Crippen LogP contribution in [0.1, 0.15) is 29.0 Å². The molecule has 0 radical (unpaired) electrons. The van der Waals surface area contributed by atoms with Crippen molar-refractivity contribution in [3.8, 4) is 0 Å². The number of carbonyl (C=O) groups is 1. The number of likely N-dealkylation sites (tertiary alicyclic amines) is 1. The Hall–Kier alpha value is -1.42. The minimum Gasteiger partial charge on any atom is -0.396 e. The summed E-state index contributed by atoms with van der Waals surface area (Å²) in [5.41, 5.74) is 1.36. The third kappa shape index (κ3) is 2.82. The summed E-state index contributed by atoms with van der Waals surface area (Å²) in [6.45, 7) is 3.45. The lowest BCUT2D eigenvalue weighted by Crippen LogP contribution is -2.41. The molecule has 1 aromatic rings. The summed E-state index contributed by atoms with van der Waals surface area (Å²) < 4.78 is 0. The van der Waals surface area contributed by atoms with Crippen LogP contribution in [0.2, 0.25) is 0 Å². The molecule has 1 aromatic heterocycles. The van der Waals surface area contributed by atoms with Crippen LogP contribution in [0, 0.1) is 12.8 Å². The Bertz CT molecular complexity index is 406. The van der Waals surface area contributed by atoms with Crippen molar-refractivity contribution in [1.29, 1.82) is 0 Å². The Morgan fingerprint density at radius 1 is 1.59 bits per heavy atom. The standard InChI is InChI=1S/C13H18N2O2/c1-10-4-2-6-12(14-10)13(17)15-7-3-5-11(8-15)9-16/h2,4,6,11,16H,3,5,7-9H2,1H3. The second-order valence-electron chi connectivity index (χ2n) is 4.61. The van der Waals surface area contributed by atoms with Gasteiger partial charge in [-0.2, -0.15) is 0 Å². The average Bonchev–Trinajstić information content (AvgIpc) is 2.38. The van der Waals surface area contributed by atoms with Crippen LogP contribution in [0.25, 0.3) is 0 Å². The van der Waals surface area contributed by atoms with E-state index in [9.17, 15) is 4.79 Å². The molecule has 1 atom stereocenters. The molecule has 1 N–H and O–H groups in total. The zero-order valence-corrected chi connectivity index (χ0v) is 10.1. The normalized spacial score (nSPS) is 20.4. The first-order valence-corrected chi connectivity index (χ1v) is 6.04.